The number of ether oxygens (including phenoxy) is 3. The molecule has 0 aliphatic carbocycles. The Kier molecular flexibility index (Phi) is 8.57. The van der Waals surface area contributed by atoms with Gasteiger partial charge in [-0.1, -0.05) is 6.07 Å². The second-order valence-electron chi connectivity index (χ2n) is 10.3. The van der Waals surface area contributed by atoms with Gasteiger partial charge >= 0.3 is 0 Å². The molecule has 2 aromatic rings. The molecule has 15 heteroatoms. The molecular formula is C26H34N4O9S2. The van der Waals surface area contributed by atoms with Crippen molar-refractivity contribution in [1.82, 2.24) is 14.3 Å². The van der Waals surface area contributed by atoms with Crippen molar-refractivity contribution in [3.8, 4) is 11.5 Å². The Bertz CT molecular complexity index is 1490. The molecule has 3 aliphatic heterocycles. The zero-order valence-electron chi connectivity index (χ0n) is 22.5. The zero-order chi connectivity index (χ0) is 29.3. The van der Waals surface area contributed by atoms with E-state index in [0.29, 0.717) is 56.1 Å². The molecule has 2 fully saturated rings. The largest absolute Gasteiger partial charge is 0.491 e. The molecule has 0 unspecified atom stereocenters. The van der Waals surface area contributed by atoms with Crippen LogP contribution in [0.1, 0.15) is 19.3 Å². The summed E-state index contributed by atoms with van der Waals surface area (Å²) in [6.07, 6.45) is 0.912. The van der Waals surface area contributed by atoms with Crippen molar-refractivity contribution in [2.45, 2.75) is 46.8 Å². The van der Waals surface area contributed by atoms with Gasteiger partial charge in [-0.05, 0) is 56.6 Å². The molecule has 3 heterocycles. The molecule has 0 bridgehead atoms. The fourth-order valence-corrected chi connectivity index (χ4v) is 7.47. The summed E-state index contributed by atoms with van der Waals surface area (Å²) in [6, 6.07) is 10.5. The van der Waals surface area contributed by atoms with Gasteiger partial charge in [0.25, 0.3) is 5.91 Å². The lowest BCUT2D eigenvalue weighted by Gasteiger charge is -2.38. The molecule has 5 rings (SSSR count). The Morgan fingerprint density at radius 3 is 2.68 bits per heavy atom. The molecule has 2 aromatic carbocycles. The van der Waals surface area contributed by atoms with Gasteiger partial charge in [-0.15, -0.1) is 0 Å². The van der Waals surface area contributed by atoms with E-state index in [1.54, 1.807) is 18.2 Å². The maximum atomic E-state index is 13.3. The first-order chi connectivity index (χ1) is 19.5. The number of carbonyl (C=O) groups is 1. The quantitative estimate of drug-likeness (QED) is 0.293. The number of piperidine rings is 1. The summed E-state index contributed by atoms with van der Waals surface area (Å²) in [5.74, 6) is 0.435. The van der Waals surface area contributed by atoms with E-state index in [2.05, 4.69) is 15.4 Å². The normalized spacial score (nSPS) is 21.6. The minimum absolute atomic E-state index is 0.0128. The number of nitrogens with zero attached hydrogens (tertiary/aromatic N) is 1. The van der Waals surface area contributed by atoms with E-state index in [9.17, 15) is 26.7 Å². The molecule has 1 spiro atoms. The van der Waals surface area contributed by atoms with E-state index < -0.39 is 31.8 Å². The number of fused-ring (bicyclic) bond motifs is 1. The molecule has 224 valence electrons. The zero-order valence-corrected chi connectivity index (χ0v) is 24.2. The van der Waals surface area contributed by atoms with Crippen molar-refractivity contribution in [1.29, 1.82) is 0 Å². The maximum absolute atomic E-state index is 13.3. The topological polar surface area (TPSA) is 173 Å². The number of anilines is 1. The molecule has 2 atom stereocenters. The lowest BCUT2D eigenvalue weighted by molar-refractivity contribution is -0.118. The second-order valence-corrected chi connectivity index (χ2v) is 14.2. The predicted octanol–water partition coefficient (Wildman–Crippen LogP) is 0.267. The lowest BCUT2D eigenvalue weighted by atomic mass is 9.88. The van der Waals surface area contributed by atoms with Crippen LogP contribution < -0.4 is 24.8 Å². The highest BCUT2D eigenvalue weighted by Crippen LogP contribution is 2.38. The number of aliphatic hydroxyl groups is 1. The summed E-state index contributed by atoms with van der Waals surface area (Å²) >= 11 is 0. The summed E-state index contributed by atoms with van der Waals surface area (Å²) in [4.78, 5) is 11.8. The first kappa shape index (κ1) is 29.7. The van der Waals surface area contributed by atoms with E-state index in [1.165, 1.54) is 35.6 Å². The van der Waals surface area contributed by atoms with Gasteiger partial charge in [0.05, 0.1) is 27.7 Å². The van der Waals surface area contributed by atoms with Crippen molar-refractivity contribution in [3.05, 3.63) is 42.5 Å². The average Bonchev–Trinajstić information content (AvgIpc) is 3.36. The number of carbonyl (C=O) groups excluding carboxylic acids is 1. The van der Waals surface area contributed by atoms with Crippen LogP contribution in [0.4, 0.5) is 5.69 Å². The third kappa shape index (κ3) is 6.66. The molecule has 41 heavy (non-hydrogen) atoms. The summed E-state index contributed by atoms with van der Waals surface area (Å²) in [6.45, 7) is 1.16. The van der Waals surface area contributed by atoms with Crippen LogP contribution in [0.15, 0.2) is 52.3 Å². The van der Waals surface area contributed by atoms with Crippen LogP contribution in [0.25, 0.3) is 0 Å². The number of hydrogen-bond acceptors (Lipinski definition) is 10. The maximum Gasteiger partial charge on any atom is 0.262 e. The van der Waals surface area contributed by atoms with Gasteiger partial charge in [-0.25, -0.2) is 21.6 Å². The molecular weight excluding hydrogens is 576 g/mol. The van der Waals surface area contributed by atoms with Crippen LogP contribution in [-0.2, 0) is 29.6 Å². The highest BCUT2D eigenvalue weighted by molar-refractivity contribution is 7.89. The van der Waals surface area contributed by atoms with Gasteiger partial charge in [0.1, 0.15) is 24.2 Å². The third-order valence-electron chi connectivity index (χ3n) is 7.53. The molecule has 1 amide bonds. The second kappa shape index (κ2) is 11.8. The summed E-state index contributed by atoms with van der Waals surface area (Å²) in [7, 11) is -6.03. The SMILES string of the molecule is CNS(=O)(=O)c1cccc(OC[C@@H](O)CN[C@H]2COC3(CCN(S(=O)(=O)c4ccc5c(c4)NC(=O)CO5)CC3)C2)c1. The Morgan fingerprint density at radius 2 is 1.93 bits per heavy atom. The van der Waals surface area contributed by atoms with Gasteiger partial charge < -0.3 is 30.0 Å². The minimum Gasteiger partial charge on any atom is -0.491 e. The average molecular weight is 611 g/mol. The fraction of sp³-hybridized carbons (Fsp3) is 0.500. The van der Waals surface area contributed by atoms with Crippen molar-refractivity contribution < 1.29 is 40.9 Å². The summed E-state index contributed by atoms with van der Waals surface area (Å²) in [5, 5.41) is 16.3. The Balaban J connectivity index is 1.09. The van der Waals surface area contributed by atoms with Crippen LogP contribution in [0.2, 0.25) is 0 Å². The van der Waals surface area contributed by atoms with Crippen molar-refractivity contribution in [2.24, 2.45) is 0 Å². The first-order valence-electron chi connectivity index (χ1n) is 13.3. The van der Waals surface area contributed by atoms with Gasteiger partial charge in [0.15, 0.2) is 6.61 Å². The van der Waals surface area contributed by atoms with Gasteiger partial charge in [-0.3, -0.25) is 4.79 Å². The van der Waals surface area contributed by atoms with E-state index in [-0.39, 0.29) is 41.5 Å². The number of nitrogens with one attached hydrogen (secondary N) is 3. The fourth-order valence-electron chi connectivity index (χ4n) is 5.23. The van der Waals surface area contributed by atoms with Crippen molar-refractivity contribution in [2.75, 3.05) is 51.8 Å². The van der Waals surface area contributed by atoms with E-state index in [0.717, 1.165) is 0 Å². The van der Waals surface area contributed by atoms with Gasteiger partial charge in [0.2, 0.25) is 20.0 Å². The smallest absolute Gasteiger partial charge is 0.262 e. The Hall–Kier alpha value is -2.79. The summed E-state index contributed by atoms with van der Waals surface area (Å²) < 4.78 is 71.3. The van der Waals surface area contributed by atoms with E-state index >= 15 is 0 Å². The van der Waals surface area contributed by atoms with Gasteiger partial charge in [-0.2, -0.15) is 4.31 Å². The van der Waals surface area contributed by atoms with Crippen LogP contribution in [0.3, 0.4) is 0 Å². The molecule has 0 radical (unpaired) electrons. The molecule has 2 saturated heterocycles. The Labute approximate surface area is 239 Å². The number of benzene rings is 2. The minimum atomic E-state index is -3.76. The first-order valence-corrected chi connectivity index (χ1v) is 16.2. The number of rotatable bonds is 10. The highest BCUT2D eigenvalue weighted by Gasteiger charge is 2.44. The Morgan fingerprint density at radius 1 is 1.15 bits per heavy atom. The monoisotopic (exact) mass is 610 g/mol. The molecule has 0 saturated carbocycles. The highest BCUT2D eigenvalue weighted by atomic mass is 32.2. The van der Waals surface area contributed by atoms with Crippen molar-refractivity contribution >= 4 is 31.6 Å². The standard InChI is InChI=1S/C26H34N4O9S2/c1-27-40(33,34)21-4-2-3-20(11-21)37-16-19(31)14-28-18-13-26(39-15-18)7-9-30(10-8-26)41(35,36)22-5-6-24-23(12-22)29-25(32)17-38-24/h2-6,11-12,18-19,27-28,31H,7-10,13-17H2,1H3,(H,29,32)/t18-,19+/m1/s1. The number of amides is 1. The van der Waals surface area contributed by atoms with Crippen LogP contribution in [0.5, 0.6) is 11.5 Å². The predicted molar refractivity (Wildman–Crippen MR) is 148 cm³/mol. The number of aliphatic hydroxyl groups excluding tert-OH is 1. The molecule has 4 N–H and O–H groups in total. The van der Waals surface area contributed by atoms with Gasteiger partial charge in [0, 0.05) is 31.7 Å². The van der Waals surface area contributed by atoms with E-state index in [4.69, 9.17) is 14.2 Å². The molecule has 13 nitrogen and oxygen atoms in total. The van der Waals surface area contributed by atoms with Crippen LogP contribution in [0, 0.1) is 0 Å². The number of sulfonamides is 2. The van der Waals surface area contributed by atoms with Crippen molar-refractivity contribution in [3.63, 3.8) is 0 Å². The third-order valence-corrected chi connectivity index (χ3v) is 10.8. The lowest BCUT2D eigenvalue weighted by Crippen LogP contribution is -2.47. The number of hydrogen-bond donors (Lipinski definition) is 4. The molecule has 0 aromatic heterocycles. The molecule has 3 aliphatic rings. The summed E-state index contributed by atoms with van der Waals surface area (Å²) in [5.41, 5.74) is -0.103. The van der Waals surface area contributed by atoms with Crippen LogP contribution >= 0.6 is 0 Å². The van der Waals surface area contributed by atoms with E-state index in [1.807, 2.05) is 0 Å². The van der Waals surface area contributed by atoms with Crippen LogP contribution in [-0.4, -0.2) is 96.4 Å².